The number of imidazole rings is 1. The molecule has 0 saturated heterocycles. The minimum atomic E-state index is -0.0206. The second-order valence-electron chi connectivity index (χ2n) is 6.34. The normalized spacial score (nSPS) is 10.9. The van der Waals surface area contributed by atoms with Gasteiger partial charge in [-0.05, 0) is 42.7 Å². The van der Waals surface area contributed by atoms with E-state index in [4.69, 9.17) is 4.74 Å². The molecule has 4 nitrogen and oxygen atoms in total. The van der Waals surface area contributed by atoms with Crippen LogP contribution in [-0.2, 0) is 18.9 Å². The van der Waals surface area contributed by atoms with Crippen molar-refractivity contribution in [3.8, 4) is 5.75 Å². The third-order valence-electron chi connectivity index (χ3n) is 4.42. The van der Waals surface area contributed by atoms with E-state index in [0.29, 0.717) is 6.54 Å². The van der Waals surface area contributed by atoms with Gasteiger partial charge in [0.25, 0.3) is 0 Å². The monoisotopic (exact) mass is 368 g/mol. The Morgan fingerprint density at radius 3 is 2.58 bits per heavy atom. The molecule has 0 aliphatic heterocycles. The Balaban J connectivity index is 1.79. The molecule has 0 bridgehead atoms. The van der Waals surface area contributed by atoms with E-state index in [0.717, 1.165) is 27.9 Å². The van der Waals surface area contributed by atoms with Crippen LogP contribution in [0.3, 0.4) is 0 Å². The largest absolute Gasteiger partial charge is 0.497 e. The minimum absolute atomic E-state index is 0.0206. The number of rotatable bonds is 7. The van der Waals surface area contributed by atoms with Gasteiger partial charge in [-0.25, -0.2) is 4.98 Å². The molecule has 0 aliphatic carbocycles. The van der Waals surface area contributed by atoms with Gasteiger partial charge >= 0.3 is 0 Å². The van der Waals surface area contributed by atoms with Crippen LogP contribution >= 0.6 is 11.8 Å². The fourth-order valence-corrected chi connectivity index (χ4v) is 3.87. The molecule has 0 fully saturated rings. The van der Waals surface area contributed by atoms with Crippen molar-refractivity contribution in [2.24, 2.45) is 0 Å². The second-order valence-corrected chi connectivity index (χ2v) is 7.29. The molecular formula is C21H24N2O2S. The van der Waals surface area contributed by atoms with Crippen LogP contribution in [-0.4, -0.2) is 21.8 Å². The Hall–Kier alpha value is -2.24. The molecule has 3 aromatic rings. The minimum Gasteiger partial charge on any atom is -0.497 e. The molecule has 0 atom stereocenters. The lowest BCUT2D eigenvalue weighted by molar-refractivity contribution is 0.270. The number of methoxy groups -OCH3 is 1. The molecule has 1 aromatic heterocycles. The molecule has 0 unspecified atom stereocenters. The molecule has 0 radical (unpaired) electrons. The maximum Gasteiger partial charge on any atom is 0.168 e. The molecule has 2 aromatic carbocycles. The molecule has 1 heterocycles. The Morgan fingerprint density at radius 1 is 1.12 bits per heavy atom. The van der Waals surface area contributed by atoms with Gasteiger partial charge in [-0.3, -0.25) is 0 Å². The van der Waals surface area contributed by atoms with Gasteiger partial charge in [0.15, 0.2) is 5.16 Å². The van der Waals surface area contributed by atoms with E-state index >= 15 is 0 Å². The van der Waals surface area contributed by atoms with E-state index in [2.05, 4.69) is 41.6 Å². The zero-order valence-corrected chi connectivity index (χ0v) is 16.2. The van der Waals surface area contributed by atoms with Gasteiger partial charge in [0, 0.05) is 12.3 Å². The fraction of sp³-hybridized carbons (Fsp3) is 0.286. The van der Waals surface area contributed by atoms with Gasteiger partial charge in [-0.1, -0.05) is 47.7 Å². The first-order valence-electron chi connectivity index (χ1n) is 8.58. The number of hydrogen-bond donors (Lipinski definition) is 1. The molecule has 0 saturated carbocycles. The van der Waals surface area contributed by atoms with Crippen LogP contribution in [0.2, 0.25) is 0 Å². The lowest BCUT2D eigenvalue weighted by atomic mass is 10.1. The van der Waals surface area contributed by atoms with Crippen molar-refractivity contribution in [2.45, 2.75) is 37.9 Å². The number of aromatic nitrogens is 2. The van der Waals surface area contributed by atoms with Gasteiger partial charge in [0.2, 0.25) is 0 Å². The predicted octanol–water partition coefficient (Wildman–Crippen LogP) is 4.34. The van der Waals surface area contributed by atoms with Crippen molar-refractivity contribution in [1.29, 1.82) is 0 Å². The summed E-state index contributed by atoms with van der Waals surface area (Å²) in [5, 5.41) is 10.6. The number of hydrogen-bond acceptors (Lipinski definition) is 4. The van der Waals surface area contributed by atoms with Crippen molar-refractivity contribution in [3.63, 3.8) is 0 Å². The highest BCUT2D eigenvalue weighted by atomic mass is 32.2. The van der Waals surface area contributed by atoms with Gasteiger partial charge in [0.1, 0.15) is 5.75 Å². The summed E-state index contributed by atoms with van der Waals surface area (Å²) in [7, 11) is 1.66. The summed E-state index contributed by atoms with van der Waals surface area (Å²) in [6.07, 6.45) is 1.76. The van der Waals surface area contributed by atoms with Gasteiger partial charge in [0.05, 0.1) is 25.6 Å². The van der Waals surface area contributed by atoms with Crippen LogP contribution in [0.4, 0.5) is 0 Å². The Morgan fingerprint density at radius 2 is 1.88 bits per heavy atom. The van der Waals surface area contributed by atoms with Gasteiger partial charge in [-0.15, -0.1) is 0 Å². The summed E-state index contributed by atoms with van der Waals surface area (Å²) in [6, 6.07) is 14.5. The average Bonchev–Trinajstić information content (AvgIpc) is 3.04. The van der Waals surface area contributed by atoms with E-state index in [-0.39, 0.29) is 6.61 Å². The Bertz CT molecular complexity index is 872. The number of thioether (sulfide) groups is 1. The van der Waals surface area contributed by atoms with Crippen molar-refractivity contribution < 1.29 is 9.84 Å². The first-order valence-corrected chi connectivity index (χ1v) is 9.56. The lowest BCUT2D eigenvalue weighted by Crippen LogP contribution is -2.06. The van der Waals surface area contributed by atoms with Gasteiger partial charge in [-0.2, -0.15) is 0 Å². The number of nitrogens with zero attached hydrogens (tertiary/aromatic N) is 2. The second kappa shape index (κ2) is 8.43. The van der Waals surface area contributed by atoms with Crippen LogP contribution in [0.5, 0.6) is 5.75 Å². The van der Waals surface area contributed by atoms with Crippen LogP contribution in [0.1, 0.15) is 27.9 Å². The quantitative estimate of drug-likeness (QED) is 0.630. The summed E-state index contributed by atoms with van der Waals surface area (Å²) in [5.41, 5.74) is 5.85. The fourth-order valence-electron chi connectivity index (χ4n) is 2.81. The number of ether oxygens (including phenoxy) is 1. The zero-order valence-electron chi connectivity index (χ0n) is 15.4. The molecule has 3 rings (SSSR count). The van der Waals surface area contributed by atoms with E-state index in [9.17, 15) is 5.11 Å². The standard InChI is InChI=1S/C21H24N2O2S/c1-15-4-5-16(2)18(10-15)14-26-21-22-11-19(13-24)23(21)12-17-6-8-20(25-3)9-7-17/h4-11,24H,12-14H2,1-3H3. The van der Waals surface area contributed by atoms with E-state index in [1.54, 1.807) is 25.1 Å². The van der Waals surface area contributed by atoms with Gasteiger partial charge < -0.3 is 14.4 Å². The Labute approximate surface area is 158 Å². The molecule has 0 spiro atoms. The van der Waals surface area contributed by atoms with Crippen molar-refractivity contribution >= 4 is 11.8 Å². The molecule has 136 valence electrons. The summed E-state index contributed by atoms with van der Waals surface area (Å²) < 4.78 is 7.30. The zero-order chi connectivity index (χ0) is 18.5. The van der Waals surface area contributed by atoms with Crippen molar-refractivity contribution in [1.82, 2.24) is 9.55 Å². The number of aliphatic hydroxyl groups is 1. The van der Waals surface area contributed by atoms with Crippen molar-refractivity contribution in [2.75, 3.05) is 7.11 Å². The molecule has 0 aliphatic rings. The van der Waals surface area contributed by atoms with E-state index in [1.807, 2.05) is 24.3 Å². The summed E-state index contributed by atoms with van der Waals surface area (Å²) in [5.74, 6) is 1.70. The molecule has 0 amide bonds. The molecular weight excluding hydrogens is 344 g/mol. The third kappa shape index (κ3) is 4.29. The highest BCUT2D eigenvalue weighted by Crippen LogP contribution is 2.26. The van der Waals surface area contributed by atoms with Crippen LogP contribution in [0, 0.1) is 13.8 Å². The number of benzene rings is 2. The SMILES string of the molecule is COc1ccc(Cn2c(CO)cnc2SCc2cc(C)ccc2C)cc1. The maximum atomic E-state index is 9.67. The summed E-state index contributed by atoms with van der Waals surface area (Å²) in [6.45, 7) is 4.91. The highest BCUT2D eigenvalue weighted by molar-refractivity contribution is 7.98. The van der Waals surface area contributed by atoms with E-state index < -0.39 is 0 Å². The molecule has 5 heteroatoms. The van der Waals surface area contributed by atoms with Crippen LogP contribution < -0.4 is 4.74 Å². The van der Waals surface area contributed by atoms with Crippen LogP contribution in [0.15, 0.2) is 53.8 Å². The average molecular weight is 369 g/mol. The lowest BCUT2D eigenvalue weighted by Gasteiger charge is -2.12. The topological polar surface area (TPSA) is 47.3 Å². The summed E-state index contributed by atoms with van der Waals surface area (Å²) in [4.78, 5) is 4.53. The smallest absolute Gasteiger partial charge is 0.168 e. The molecule has 26 heavy (non-hydrogen) atoms. The third-order valence-corrected chi connectivity index (χ3v) is 5.46. The highest BCUT2D eigenvalue weighted by Gasteiger charge is 2.12. The maximum absolute atomic E-state index is 9.67. The Kier molecular flexibility index (Phi) is 6.01. The van der Waals surface area contributed by atoms with E-state index in [1.165, 1.54) is 16.7 Å². The summed E-state index contributed by atoms with van der Waals surface area (Å²) >= 11 is 1.70. The van der Waals surface area contributed by atoms with Crippen molar-refractivity contribution in [3.05, 3.63) is 76.6 Å². The number of aliphatic hydroxyl groups excluding tert-OH is 1. The predicted molar refractivity (Wildman–Crippen MR) is 106 cm³/mol. The van der Waals surface area contributed by atoms with Crippen LogP contribution in [0.25, 0.3) is 0 Å². The first-order chi connectivity index (χ1) is 12.6. The number of aryl methyl sites for hydroxylation is 2. The first kappa shape index (κ1) is 18.5. The molecule has 1 N–H and O–H groups in total.